The first-order valence-corrected chi connectivity index (χ1v) is 10.1. The highest BCUT2D eigenvalue weighted by Crippen LogP contribution is 2.35. The van der Waals surface area contributed by atoms with Crippen LogP contribution in [0.2, 0.25) is 0 Å². The maximum atomic E-state index is 12.4. The van der Waals surface area contributed by atoms with E-state index in [1.165, 1.54) is 0 Å². The minimum absolute atomic E-state index is 0.0663. The highest BCUT2D eigenvalue weighted by molar-refractivity contribution is 14.1. The molecule has 5 nitrogen and oxygen atoms in total. The van der Waals surface area contributed by atoms with E-state index in [4.69, 9.17) is 9.84 Å². The molecule has 0 radical (unpaired) electrons. The lowest BCUT2D eigenvalue weighted by atomic mass is 10.0. The summed E-state index contributed by atoms with van der Waals surface area (Å²) < 4.78 is 8.31. The van der Waals surface area contributed by atoms with Crippen LogP contribution in [0.15, 0.2) is 54.7 Å². The lowest BCUT2D eigenvalue weighted by Gasteiger charge is -2.19. The number of halogens is 1. The second kappa shape index (κ2) is 7.16. The van der Waals surface area contributed by atoms with Crippen molar-refractivity contribution in [3.05, 3.63) is 58.3 Å². The fourth-order valence-corrected chi connectivity index (χ4v) is 4.03. The van der Waals surface area contributed by atoms with E-state index >= 15 is 0 Å². The molecule has 0 spiro atoms. The number of nitrogens with zero attached hydrogens (tertiary/aromatic N) is 3. The third kappa shape index (κ3) is 3.61. The molecule has 0 amide bonds. The van der Waals surface area contributed by atoms with Crippen LogP contribution in [0.4, 0.5) is 0 Å². The molecule has 0 fully saturated rings. The lowest BCUT2D eigenvalue weighted by molar-refractivity contribution is -0.155. The number of fused-ring (bicyclic) bond motifs is 2. The zero-order valence-corrected chi connectivity index (χ0v) is 18.1. The summed E-state index contributed by atoms with van der Waals surface area (Å²) in [5.41, 5.74) is 3.15. The lowest BCUT2D eigenvalue weighted by Crippen LogP contribution is -2.26. The van der Waals surface area contributed by atoms with E-state index in [-0.39, 0.29) is 12.5 Å². The van der Waals surface area contributed by atoms with Gasteiger partial charge in [-0.3, -0.25) is 14.5 Å². The molecular formula is C22H20IN3O2. The van der Waals surface area contributed by atoms with Crippen molar-refractivity contribution in [2.24, 2.45) is 0 Å². The molecule has 0 aliphatic rings. The zero-order chi connectivity index (χ0) is 19.9. The van der Waals surface area contributed by atoms with Gasteiger partial charge in [0.25, 0.3) is 0 Å². The molecule has 4 rings (SSSR count). The highest BCUT2D eigenvalue weighted by atomic mass is 127. The minimum atomic E-state index is -0.529. The first-order chi connectivity index (χ1) is 13.3. The Kier molecular flexibility index (Phi) is 4.82. The van der Waals surface area contributed by atoms with Gasteiger partial charge < -0.3 is 4.74 Å². The Bertz CT molecular complexity index is 1190. The van der Waals surface area contributed by atoms with Gasteiger partial charge in [-0.25, -0.2) is 0 Å². The van der Waals surface area contributed by atoms with Crippen LogP contribution in [-0.2, 0) is 16.1 Å². The second-order valence-electron chi connectivity index (χ2n) is 7.60. The molecule has 0 N–H and O–H groups in total. The standard InChI is InChI=1S/C22H20IN3O2/c1-22(2,3)28-19(27)13-26-18-10-6-8-16(23)20(18)21(25-26)15-11-12-24-17-9-5-4-7-14(15)17/h4-12H,13H2,1-3H3. The maximum absolute atomic E-state index is 12.4. The largest absolute Gasteiger partial charge is 0.459 e. The Morgan fingerprint density at radius 1 is 1.11 bits per heavy atom. The average molecular weight is 485 g/mol. The van der Waals surface area contributed by atoms with Gasteiger partial charge in [0, 0.05) is 26.1 Å². The first-order valence-electron chi connectivity index (χ1n) is 9.04. The summed E-state index contributed by atoms with van der Waals surface area (Å²) in [7, 11) is 0. The van der Waals surface area contributed by atoms with Gasteiger partial charge in [-0.2, -0.15) is 5.10 Å². The van der Waals surface area contributed by atoms with E-state index in [9.17, 15) is 4.79 Å². The Morgan fingerprint density at radius 3 is 2.68 bits per heavy atom. The number of ether oxygens (including phenoxy) is 1. The van der Waals surface area contributed by atoms with Crippen molar-refractivity contribution in [2.75, 3.05) is 0 Å². The van der Waals surface area contributed by atoms with Gasteiger partial charge in [0.15, 0.2) is 0 Å². The predicted octanol–water partition coefficient (Wildman–Crippen LogP) is 5.20. The Morgan fingerprint density at radius 2 is 1.89 bits per heavy atom. The number of esters is 1. The maximum Gasteiger partial charge on any atom is 0.328 e. The number of pyridine rings is 1. The molecule has 0 saturated carbocycles. The minimum Gasteiger partial charge on any atom is -0.459 e. The topological polar surface area (TPSA) is 57.0 Å². The zero-order valence-electron chi connectivity index (χ0n) is 15.9. The fraction of sp³-hybridized carbons (Fsp3) is 0.227. The van der Waals surface area contributed by atoms with E-state index in [2.05, 4.69) is 33.6 Å². The molecule has 6 heteroatoms. The summed E-state index contributed by atoms with van der Waals surface area (Å²) in [6.07, 6.45) is 1.80. The van der Waals surface area contributed by atoms with Crippen molar-refractivity contribution in [3.63, 3.8) is 0 Å². The molecule has 0 atom stereocenters. The Balaban J connectivity index is 1.89. The number of carbonyl (C=O) groups excluding carboxylic acids is 1. The van der Waals surface area contributed by atoms with Crippen molar-refractivity contribution >= 4 is 50.4 Å². The van der Waals surface area contributed by atoms with E-state index < -0.39 is 5.60 Å². The number of rotatable bonds is 3. The third-order valence-electron chi connectivity index (χ3n) is 4.33. The van der Waals surface area contributed by atoms with E-state index in [0.29, 0.717) is 0 Å². The summed E-state index contributed by atoms with van der Waals surface area (Å²) in [5, 5.41) is 6.89. The Labute approximate surface area is 176 Å². The summed E-state index contributed by atoms with van der Waals surface area (Å²) in [6, 6.07) is 16.0. The molecule has 0 saturated heterocycles. The number of hydrogen-bond acceptors (Lipinski definition) is 4. The molecule has 28 heavy (non-hydrogen) atoms. The first kappa shape index (κ1) is 18.9. The van der Waals surface area contributed by atoms with Gasteiger partial charge in [0.1, 0.15) is 17.8 Å². The summed E-state index contributed by atoms with van der Waals surface area (Å²) >= 11 is 2.32. The highest BCUT2D eigenvalue weighted by Gasteiger charge is 2.21. The monoisotopic (exact) mass is 485 g/mol. The summed E-state index contributed by atoms with van der Waals surface area (Å²) in [6.45, 7) is 5.66. The van der Waals surface area contributed by atoms with Crippen LogP contribution in [0.1, 0.15) is 20.8 Å². The molecule has 0 aliphatic carbocycles. The van der Waals surface area contributed by atoms with Crippen LogP contribution in [0.3, 0.4) is 0 Å². The van der Waals surface area contributed by atoms with Crippen molar-refractivity contribution in [2.45, 2.75) is 32.9 Å². The molecule has 4 aromatic rings. The molecule has 0 aliphatic heterocycles. The van der Waals surface area contributed by atoms with E-state index in [0.717, 1.165) is 36.6 Å². The van der Waals surface area contributed by atoms with Crippen molar-refractivity contribution in [1.29, 1.82) is 0 Å². The third-order valence-corrected chi connectivity index (χ3v) is 5.23. The van der Waals surface area contributed by atoms with E-state index in [1.807, 2.05) is 63.2 Å². The van der Waals surface area contributed by atoms with Crippen LogP contribution in [0.5, 0.6) is 0 Å². The second-order valence-corrected chi connectivity index (χ2v) is 8.76. The van der Waals surface area contributed by atoms with Crippen molar-refractivity contribution < 1.29 is 9.53 Å². The molecule has 142 valence electrons. The summed E-state index contributed by atoms with van der Waals surface area (Å²) in [5.74, 6) is -0.304. The number of hydrogen-bond donors (Lipinski definition) is 0. The number of para-hydroxylation sites is 1. The number of aromatic nitrogens is 3. The molecule has 0 bridgehead atoms. The number of carbonyl (C=O) groups is 1. The van der Waals surface area contributed by atoms with Gasteiger partial charge in [0.05, 0.1) is 11.0 Å². The molecule has 2 heterocycles. The fourth-order valence-electron chi connectivity index (χ4n) is 3.29. The van der Waals surface area contributed by atoms with Crippen molar-refractivity contribution in [1.82, 2.24) is 14.8 Å². The SMILES string of the molecule is CC(C)(C)OC(=O)Cn1nc(-c2ccnc3ccccc23)c2c(I)cccc21. The number of benzene rings is 2. The van der Waals surface area contributed by atoms with Gasteiger partial charge in [-0.1, -0.05) is 24.3 Å². The average Bonchev–Trinajstić information content (AvgIpc) is 2.99. The normalized spacial score (nSPS) is 11.9. The predicted molar refractivity (Wildman–Crippen MR) is 119 cm³/mol. The smallest absolute Gasteiger partial charge is 0.328 e. The van der Waals surface area contributed by atoms with Crippen LogP contribution < -0.4 is 0 Å². The quantitative estimate of drug-likeness (QED) is 0.296. The van der Waals surface area contributed by atoms with Crippen LogP contribution in [-0.4, -0.2) is 26.3 Å². The van der Waals surface area contributed by atoms with Gasteiger partial charge in [-0.05, 0) is 67.6 Å². The molecular weight excluding hydrogens is 465 g/mol. The molecule has 2 aromatic heterocycles. The molecule has 0 unspecified atom stereocenters. The van der Waals surface area contributed by atoms with Gasteiger partial charge >= 0.3 is 5.97 Å². The van der Waals surface area contributed by atoms with Crippen LogP contribution in [0, 0.1) is 3.57 Å². The summed E-state index contributed by atoms with van der Waals surface area (Å²) in [4.78, 5) is 16.9. The van der Waals surface area contributed by atoms with E-state index in [1.54, 1.807) is 10.9 Å². The van der Waals surface area contributed by atoms with Gasteiger partial charge in [0.2, 0.25) is 0 Å². The Hall–Kier alpha value is -2.48. The van der Waals surface area contributed by atoms with Crippen LogP contribution in [0.25, 0.3) is 33.1 Å². The van der Waals surface area contributed by atoms with Crippen molar-refractivity contribution in [3.8, 4) is 11.3 Å². The van der Waals surface area contributed by atoms with Crippen LogP contribution >= 0.6 is 22.6 Å². The van der Waals surface area contributed by atoms with Gasteiger partial charge in [-0.15, -0.1) is 0 Å². The molecule has 2 aromatic carbocycles.